The predicted octanol–water partition coefficient (Wildman–Crippen LogP) is 5.01. The molecule has 42 heavy (non-hydrogen) atoms. The van der Waals surface area contributed by atoms with Crippen LogP contribution in [0.2, 0.25) is 0 Å². The quantitative estimate of drug-likeness (QED) is 0.427. The van der Waals surface area contributed by atoms with E-state index in [1.54, 1.807) is 0 Å². The highest BCUT2D eigenvalue weighted by Crippen LogP contribution is 2.43. The first kappa shape index (κ1) is 27.1. The smallest absolute Gasteiger partial charge is 0.410 e. The molecule has 1 aliphatic carbocycles. The Morgan fingerprint density at radius 1 is 0.619 bits per heavy atom. The molecule has 2 amide bonds. The molecule has 0 aromatic heterocycles. The second-order valence-electron chi connectivity index (χ2n) is 14.5. The summed E-state index contributed by atoms with van der Waals surface area (Å²) in [5.41, 5.74) is 4.44. The molecule has 4 aliphatic heterocycles. The summed E-state index contributed by atoms with van der Waals surface area (Å²) in [7, 11) is 0. The summed E-state index contributed by atoms with van der Waals surface area (Å²) in [5, 5.41) is 0. The van der Waals surface area contributed by atoms with Gasteiger partial charge in [0.25, 0.3) is 0 Å². The number of ether oxygens (including phenoxy) is 2. The van der Waals surface area contributed by atoms with Crippen molar-refractivity contribution in [3.8, 4) is 11.1 Å². The van der Waals surface area contributed by atoms with Crippen LogP contribution < -0.4 is 9.80 Å². The molecule has 2 aromatic rings. The summed E-state index contributed by atoms with van der Waals surface area (Å²) in [5.74, 6) is 0.894. The van der Waals surface area contributed by atoms with Crippen molar-refractivity contribution >= 4 is 29.3 Å². The third kappa shape index (κ3) is 4.48. The average Bonchev–Trinajstić information content (AvgIpc) is 3.47. The minimum atomic E-state index is -0.509. The van der Waals surface area contributed by atoms with Crippen molar-refractivity contribution in [2.45, 2.75) is 64.8 Å². The van der Waals surface area contributed by atoms with Crippen LogP contribution in [0.15, 0.2) is 36.4 Å². The van der Waals surface area contributed by atoms with Crippen molar-refractivity contribution in [2.75, 3.05) is 49.1 Å². The number of hydrogen-bond donors (Lipinski definition) is 0. The zero-order chi connectivity index (χ0) is 29.7. The third-order valence-corrected chi connectivity index (χ3v) is 9.25. The maximum absolute atomic E-state index is 13.7. The van der Waals surface area contributed by atoms with E-state index in [1.807, 2.05) is 63.5 Å². The van der Waals surface area contributed by atoms with Crippen molar-refractivity contribution in [1.82, 2.24) is 9.80 Å². The Labute approximate surface area is 247 Å². The zero-order valence-electron chi connectivity index (χ0n) is 25.3. The Bertz CT molecular complexity index is 1380. The molecular formula is C33H40N4O5. The molecule has 0 unspecified atom stereocenters. The van der Waals surface area contributed by atoms with E-state index in [0.29, 0.717) is 24.9 Å². The maximum Gasteiger partial charge on any atom is 0.410 e. The Morgan fingerprint density at radius 2 is 1.02 bits per heavy atom. The van der Waals surface area contributed by atoms with Crippen LogP contribution in [0.4, 0.5) is 21.0 Å². The number of rotatable bonds is 2. The van der Waals surface area contributed by atoms with Gasteiger partial charge < -0.3 is 29.1 Å². The first-order chi connectivity index (χ1) is 19.8. The number of hydrogen-bond acceptors (Lipinski definition) is 7. The van der Waals surface area contributed by atoms with Crippen molar-refractivity contribution in [1.29, 1.82) is 0 Å². The Kier molecular flexibility index (Phi) is 5.89. The minimum absolute atomic E-state index is 0.0544. The van der Waals surface area contributed by atoms with Crippen molar-refractivity contribution < 1.29 is 23.9 Å². The second-order valence-corrected chi connectivity index (χ2v) is 14.5. The van der Waals surface area contributed by atoms with Crippen LogP contribution >= 0.6 is 0 Å². The SMILES string of the molecule is CC(C)(C)OC(=O)N1C[C@@H]2CN(c3ccc4c(c3)C(=O)c3cc(N5C[C@H]6CN(C(=O)OC(C)(C)C)[C@@H]6C5)ccc3-4)C[C@H]21. The Morgan fingerprint density at radius 3 is 1.40 bits per heavy atom. The molecular weight excluding hydrogens is 532 g/mol. The fourth-order valence-corrected chi connectivity index (χ4v) is 7.20. The number of benzene rings is 2. The highest BCUT2D eigenvalue weighted by Gasteiger charge is 2.50. The van der Waals surface area contributed by atoms with E-state index in [0.717, 1.165) is 59.8 Å². The second kappa shape index (κ2) is 9.12. The number of nitrogens with zero attached hydrogens (tertiary/aromatic N) is 4. The van der Waals surface area contributed by atoms with Crippen LogP contribution in [0.3, 0.4) is 0 Å². The lowest BCUT2D eigenvalue weighted by Crippen LogP contribution is -2.59. The highest BCUT2D eigenvalue weighted by atomic mass is 16.6. The normalized spacial score (nSPS) is 25.8. The largest absolute Gasteiger partial charge is 0.444 e. The first-order valence-corrected chi connectivity index (χ1v) is 15.1. The van der Waals surface area contributed by atoms with E-state index in [4.69, 9.17) is 9.47 Å². The van der Waals surface area contributed by atoms with Gasteiger partial charge in [-0.1, -0.05) is 12.1 Å². The van der Waals surface area contributed by atoms with Gasteiger partial charge in [-0.3, -0.25) is 4.79 Å². The summed E-state index contributed by atoms with van der Waals surface area (Å²) < 4.78 is 11.2. The molecule has 0 bridgehead atoms. The molecule has 5 aliphatic rings. The molecule has 4 fully saturated rings. The van der Waals surface area contributed by atoms with E-state index in [9.17, 15) is 14.4 Å². The van der Waals surface area contributed by atoms with Gasteiger partial charge in [0.15, 0.2) is 5.78 Å². The molecule has 4 heterocycles. The molecule has 2 aromatic carbocycles. The monoisotopic (exact) mass is 572 g/mol. The first-order valence-electron chi connectivity index (χ1n) is 15.1. The van der Waals surface area contributed by atoms with Gasteiger partial charge in [0.2, 0.25) is 0 Å². The molecule has 222 valence electrons. The summed E-state index contributed by atoms with van der Waals surface area (Å²) in [6.45, 7) is 16.0. The van der Waals surface area contributed by atoms with Crippen LogP contribution in [0.5, 0.6) is 0 Å². The zero-order valence-corrected chi connectivity index (χ0v) is 25.3. The van der Waals surface area contributed by atoms with Crippen LogP contribution in [0, 0.1) is 11.8 Å². The topological polar surface area (TPSA) is 82.6 Å². The summed E-state index contributed by atoms with van der Waals surface area (Å²) >= 11 is 0. The number of ketones is 1. The fraction of sp³-hybridized carbons (Fsp3) is 0.545. The molecule has 0 spiro atoms. The lowest BCUT2D eigenvalue weighted by Gasteiger charge is -2.43. The molecule has 9 nitrogen and oxygen atoms in total. The average molecular weight is 573 g/mol. The molecule has 4 atom stereocenters. The Hall–Kier alpha value is -3.75. The van der Waals surface area contributed by atoms with Gasteiger partial charge in [-0.25, -0.2) is 9.59 Å². The van der Waals surface area contributed by atoms with E-state index in [2.05, 4.69) is 34.1 Å². The minimum Gasteiger partial charge on any atom is -0.444 e. The van der Waals surface area contributed by atoms with E-state index in [-0.39, 0.29) is 30.1 Å². The number of carbonyl (C=O) groups is 3. The third-order valence-electron chi connectivity index (χ3n) is 9.25. The van der Waals surface area contributed by atoms with Crippen molar-refractivity contribution in [2.24, 2.45) is 11.8 Å². The number of amides is 2. The highest BCUT2D eigenvalue weighted by molar-refractivity contribution is 6.22. The molecule has 0 N–H and O–H groups in total. The standard InChI is InChI=1S/C33H40N4O5/c1-32(2,3)41-30(39)36-15-19-13-34(17-27(19)36)21-7-9-23-24-10-8-22(12-26(24)29(38)25(23)11-21)35-14-20-16-37(28(20)18-35)31(40)42-33(4,5)6/h7-12,19-20,27-28H,13-18H2,1-6H3/t19-,20-,27+,28+/m0/s1. The molecule has 4 saturated heterocycles. The molecule has 0 saturated carbocycles. The van der Waals surface area contributed by atoms with Gasteiger partial charge in [0.1, 0.15) is 11.2 Å². The summed E-state index contributed by atoms with van der Waals surface area (Å²) in [4.78, 5) is 47.2. The summed E-state index contributed by atoms with van der Waals surface area (Å²) in [6.07, 6.45) is -0.492. The van der Waals surface area contributed by atoms with Gasteiger partial charge in [-0.15, -0.1) is 0 Å². The predicted molar refractivity (Wildman–Crippen MR) is 160 cm³/mol. The number of anilines is 2. The van der Waals surface area contributed by atoms with Gasteiger partial charge in [0, 0.05) is 73.6 Å². The van der Waals surface area contributed by atoms with Crippen molar-refractivity contribution in [3.05, 3.63) is 47.5 Å². The van der Waals surface area contributed by atoms with Gasteiger partial charge >= 0.3 is 12.2 Å². The van der Waals surface area contributed by atoms with Gasteiger partial charge in [-0.2, -0.15) is 0 Å². The van der Waals surface area contributed by atoms with Gasteiger partial charge in [0.05, 0.1) is 12.1 Å². The fourth-order valence-electron chi connectivity index (χ4n) is 7.20. The van der Waals surface area contributed by atoms with Crippen LogP contribution in [0.25, 0.3) is 11.1 Å². The van der Waals surface area contributed by atoms with Crippen LogP contribution in [-0.2, 0) is 9.47 Å². The lowest BCUT2D eigenvalue weighted by molar-refractivity contribution is -0.0171. The van der Waals surface area contributed by atoms with Crippen LogP contribution in [0.1, 0.15) is 57.5 Å². The van der Waals surface area contributed by atoms with Crippen molar-refractivity contribution in [3.63, 3.8) is 0 Å². The number of fused-ring (bicyclic) bond motifs is 5. The number of likely N-dealkylation sites (tertiary alicyclic amines) is 2. The van der Waals surface area contributed by atoms with E-state index >= 15 is 0 Å². The molecule has 7 rings (SSSR count). The molecule has 0 radical (unpaired) electrons. The molecule has 9 heteroatoms. The van der Waals surface area contributed by atoms with Crippen LogP contribution in [-0.4, -0.2) is 90.3 Å². The summed E-state index contributed by atoms with van der Waals surface area (Å²) in [6, 6.07) is 12.7. The number of carbonyl (C=O) groups excluding carboxylic acids is 3. The maximum atomic E-state index is 13.7. The van der Waals surface area contributed by atoms with E-state index < -0.39 is 11.2 Å². The van der Waals surface area contributed by atoms with Gasteiger partial charge in [-0.05, 0) is 76.9 Å². The Balaban J connectivity index is 1.03. The lowest BCUT2D eigenvalue weighted by atomic mass is 9.93. The van der Waals surface area contributed by atoms with E-state index in [1.165, 1.54) is 0 Å².